The molecule has 0 aromatic heterocycles. The third-order valence-corrected chi connectivity index (χ3v) is 4.45. The van der Waals surface area contributed by atoms with Gasteiger partial charge in [-0.15, -0.1) is 0 Å². The van der Waals surface area contributed by atoms with Crippen LogP contribution in [0, 0.1) is 0 Å². The van der Waals surface area contributed by atoms with Gasteiger partial charge in [-0.3, -0.25) is 9.89 Å². The van der Waals surface area contributed by atoms with E-state index in [1.54, 1.807) is 0 Å². The fraction of sp³-hybridized carbons (Fsp3) is 0.842. The normalized spacial score (nSPS) is 20.2. The Balaban J connectivity index is 1.88. The van der Waals surface area contributed by atoms with Gasteiger partial charge >= 0.3 is 0 Å². The molecular weight excluding hydrogens is 270 g/mol. The maximum absolute atomic E-state index is 5.97. The standard InChI is InChI=1S/C19H37N3/c1-3-4-5-6-7-8-9-10-11-12-13-14-15-19-21-16-17-22(19)18(2)20/h6-7,16,18-19H,3-5,8-15,17,20H2,1-2H3/b7-6+. The highest BCUT2D eigenvalue weighted by molar-refractivity contribution is 5.62. The molecule has 0 bridgehead atoms. The zero-order valence-electron chi connectivity index (χ0n) is 14.8. The molecule has 1 heterocycles. The molecule has 2 N–H and O–H groups in total. The monoisotopic (exact) mass is 307 g/mol. The molecule has 22 heavy (non-hydrogen) atoms. The lowest BCUT2D eigenvalue weighted by Gasteiger charge is -2.26. The Kier molecular flexibility index (Phi) is 11.3. The molecule has 0 aromatic carbocycles. The molecular formula is C19H37N3. The Morgan fingerprint density at radius 1 is 1.09 bits per heavy atom. The second-order valence-electron chi connectivity index (χ2n) is 6.56. The lowest BCUT2D eigenvalue weighted by molar-refractivity contribution is 0.182. The lowest BCUT2D eigenvalue weighted by atomic mass is 10.1. The minimum atomic E-state index is 0.123. The highest BCUT2D eigenvalue weighted by Crippen LogP contribution is 2.17. The van der Waals surface area contributed by atoms with Crippen LogP contribution < -0.4 is 5.73 Å². The first kappa shape index (κ1) is 19.4. The second kappa shape index (κ2) is 12.8. The molecule has 1 aliphatic heterocycles. The van der Waals surface area contributed by atoms with Crippen LogP contribution in [0.3, 0.4) is 0 Å². The minimum Gasteiger partial charge on any atom is -0.316 e. The van der Waals surface area contributed by atoms with Gasteiger partial charge in [-0.05, 0) is 39.0 Å². The SMILES string of the molecule is CCCC/C=C/CCCCCCCCC1N=CCN1C(C)N. The van der Waals surface area contributed by atoms with Gasteiger partial charge in [0, 0.05) is 12.8 Å². The Labute approximate surface area is 138 Å². The van der Waals surface area contributed by atoms with E-state index in [-0.39, 0.29) is 6.17 Å². The van der Waals surface area contributed by atoms with Crippen molar-refractivity contribution in [2.45, 2.75) is 96.8 Å². The number of allylic oxidation sites excluding steroid dienone is 2. The number of rotatable bonds is 13. The summed E-state index contributed by atoms with van der Waals surface area (Å²) in [5, 5.41) is 0. The minimum absolute atomic E-state index is 0.123. The van der Waals surface area contributed by atoms with Crippen LogP contribution in [0.25, 0.3) is 0 Å². The van der Waals surface area contributed by atoms with Gasteiger partial charge in [0.05, 0.1) is 6.17 Å². The molecule has 1 rings (SSSR count). The number of hydrogen-bond acceptors (Lipinski definition) is 3. The first-order chi connectivity index (χ1) is 10.8. The maximum atomic E-state index is 5.97. The zero-order chi connectivity index (χ0) is 16.0. The zero-order valence-corrected chi connectivity index (χ0v) is 14.8. The highest BCUT2D eigenvalue weighted by atomic mass is 15.3. The molecule has 0 saturated carbocycles. The summed E-state index contributed by atoms with van der Waals surface area (Å²) in [4.78, 5) is 6.82. The van der Waals surface area contributed by atoms with E-state index in [1.807, 2.05) is 6.21 Å². The lowest BCUT2D eigenvalue weighted by Crippen LogP contribution is -2.43. The molecule has 0 saturated heterocycles. The van der Waals surface area contributed by atoms with Crippen molar-refractivity contribution in [3.63, 3.8) is 0 Å². The van der Waals surface area contributed by atoms with E-state index in [9.17, 15) is 0 Å². The van der Waals surface area contributed by atoms with Gasteiger partial charge in [-0.25, -0.2) is 0 Å². The fourth-order valence-corrected chi connectivity index (χ4v) is 3.00. The Morgan fingerprint density at radius 2 is 1.73 bits per heavy atom. The van der Waals surface area contributed by atoms with Crippen LogP contribution in [0.5, 0.6) is 0 Å². The van der Waals surface area contributed by atoms with E-state index in [1.165, 1.54) is 64.2 Å². The molecule has 3 nitrogen and oxygen atoms in total. The number of nitrogens with two attached hydrogens (primary N) is 1. The summed E-state index contributed by atoms with van der Waals surface area (Å²) in [5.41, 5.74) is 5.97. The highest BCUT2D eigenvalue weighted by Gasteiger charge is 2.22. The smallest absolute Gasteiger partial charge is 0.103 e. The van der Waals surface area contributed by atoms with E-state index in [4.69, 9.17) is 5.73 Å². The molecule has 0 fully saturated rings. The molecule has 0 amide bonds. The van der Waals surface area contributed by atoms with Crippen molar-refractivity contribution in [3.05, 3.63) is 12.2 Å². The van der Waals surface area contributed by atoms with Crippen LogP contribution in [0.2, 0.25) is 0 Å². The molecule has 1 aliphatic rings. The quantitative estimate of drug-likeness (QED) is 0.389. The first-order valence-corrected chi connectivity index (χ1v) is 9.43. The van der Waals surface area contributed by atoms with Crippen molar-refractivity contribution in [2.24, 2.45) is 10.7 Å². The summed E-state index contributed by atoms with van der Waals surface area (Å²) < 4.78 is 0. The molecule has 2 atom stereocenters. The molecule has 0 aromatic rings. The van der Waals surface area contributed by atoms with E-state index < -0.39 is 0 Å². The topological polar surface area (TPSA) is 41.6 Å². The van der Waals surface area contributed by atoms with Crippen LogP contribution >= 0.6 is 0 Å². The summed E-state index contributed by atoms with van der Waals surface area (Å²) in [6, 6.07) is 0. The number of aliphatic imine (C=N–C) groups is 1. The Bertz CT molecular complexity index is 310. The average molecular weight is 308 g/mol. The summed E-state index contributed by atoms with van der Waals surface area (Å²) in [7, 11) is 0. The molecule has 0 aliphatic carbocycles. The number of hydrogen-bond donors (Lipinski definition) is 1. The second-order valence-corrected chi connectivity index (χ2v) is 6.56. The van der Waals surface area contributed by atoms with Crippen molar-refractivity contribution >= 4 is 6.21 Å². The van der Waals surface area contributed by atoms with Gasteiger partial charge in [0.25, 0.3) is 0 Å². The van der Waals surface area contributed by atoms with E-state index in [0.29, 0.717) is 6.17 Å². The first-order valence-electron chi connectivity index (χ1n) is 9.43. The van der Waals surface area contributed by atoms with Gasteiger partial charge in [-0.2, -0.15) is 0 Å². The van der Waals surface area contributed by atoms with Crippen molar-refractivity contribution in [2.75, 3.05) is 6.54 Å². The predicted molar refractivity (Wildman–Crippen MR) is 98.2 cm³/mol. The predicted octanol–water partition coefficient (Wildman–Crippen LogP) is 4.87. The van der Waals surface area contributed by atoms with E-state index in [2.05, 4.69) is 35.9 Å². The maximum Gasteiger partial charge on any atom is 0.103 e. The molecule has 0 spiro atoms. The fourth-order valence-electron chi connectivity index (χ4n) is 3.00. The number of unbranched alkanes of at least 4 members (excludes halogenated alkanes) is 8. The van der Waals surface area contributed by atoms with Crippen molar-refractivity contribution in [3.8, 4) is 0 Å². The van der Waals surface area contributed by atoms with Crippen molar-refractivity contribution in [1.29, 1.82) is 0 Å². The summed E-state index contributed by atoms with van der Waals surface area (Å²) >= 11 is 0. The third kappa shape index (κ3) is 8.70. The Hall–Kier alpha value is -0.670. The van der Waals surface area contributed by atoms with Crippen molar-refractivity contribution < 1.29 is 0 Å². The Morgan fingerprint density at radius 3 is 2.41 bits per heavy atom. The van der Waals surface area contributed by atoms with Crippen LogP contribution in [-0.4, -0.2) is 30.0 Å². The van der Waals surface area contributed by atoms with Crippen LogP contribution in [0.4, 0.5) is 0 Å². The molecule has 0 radical (unpaired) electrons. The third-order valence-electron chi connectivity index (χ3n) is 4.45. The summed E-state index contributed by atoms with van der Waals surface area (Å²) in [6.45, 7) is 5.23. The van der Waals surface area contributed by atoms with Crippen LogP contribution in [-0.2, 0) is 0 Å². The number of nitrogens with zero attached hydrogens (tertiary/aromatic N) is 2. The van der Waals surface area contributed by atoms with Gasteiger partial charge in [0.2, 0.25) is 0 Å². The molecule has 2 unspecified atom stereocenters. The summed E-state index contributed by atoms with van der Waals surface area (Å²) in [5.74, 6) is 0. The van der Waals surface area contributed by atoms with Gasteiger partial charge < -0.3 is 5.73 Å². The average Bonchev–Trinajstić information content (AvgIpc) is 2.97. The van der Waals surface area contributed by atoms with Crippen LogP contribution in [0.1, 0.15) is 84.5 Å². The largest absolute Gasteiger partial charge is 0.316 e. The summed E-state index contributed by atoms with van der Waals surface area (Å²) in [6.07, 6.45) is 21.6. The van der Waals surface area contributed by atoms with Gasteiger partial charge in [0.15, 0.2) is 0 Å². The van der Waals surface area contributed by atoms with Gasteiger partial charge in [0.1, 0.15) is 6.17 Å². The van der Waals surface area contributed by atoms with E-state index in [0.717, 1.165) is 13.0 Å². The van der Waals surface area contributed by atoms with Crippen LogP contribution in [0.15, 0.2) is 17.1 Å². The molecule has 128 valence electrons. The molecule has 3 heteroatoms. The van der Waals surface area contributed by atoms with Crippen molar-refractivity contribution in [1.82, 2.24) is 4.90 Å². The van der Waals surface area contributed by atoms with Gasteiger partial charge in [-0.1, -0.05) is 57.6 Å². The van der Waals surface area contributed by atoms with E-state index >= 15 is 0 Å².